The van der Waals surface area contributed by atoms with E-state index in [1.54, 1.807) is 18.2 Å². The highest BCUT2D eigenvalue weighted by molar-refractivity contribution is 6.30. The number of rotatable bonds is 14. The zero-order chi connectivity index (χ0) is 27.5. The molecule has 0 radical (unpaired) electrons. The smallest absolute Gasteiger partial charge is 0.142 e. The first-order valence-corrected chi connectivity index (χ1v) is 15.7. The van der Waals surface area contributed by atoms with Crippen molar-refractivity contribution in [2.45, 2.75) is 103 Å². The molecule has 0 amide bonds. The Kier molecular flexibility index (Phi) is 11.9. The molecule has 0 aromatic heterocycles. The number of unbranched alkanes of at least 4 members (excludes halogenated alkanes) is 3. The van der Waals surface area contributed by atoms with E-state index in [9.17, 15) is 8.78 Å². The summed E-state index contributed by atoms with van der Waals surface area (Å²) in [7, 11) is 0. The van der Waals surface area contributed by atoms with E-state index in [0.29, 0.717) is 18.4 Å². The average Bonchev–Trinajstić information content (AvgIpc) is 2.95. The Morgan fingerprint density at radius 1 is 0.590 bits per heavy atom. The highest BCUT2D eigenvalue weighted by Gasteiger charge is 2.21. The summed E-state index contributed by atoms with van der Waals surface area (Å²) in [4.78, 5) is 0. The van der Waals surface area contributed by atoms with Gasteiger partial charge in [0.05, 0.1) is 5.02 Å². The molecule has 210 valence electrons. The molecule has 1 fully saturated rings. The molecule has 0 nitrogen and oxygen atoms in total. The topological polar surface area (TPSA) is 0 Å². The summed E-state index contributed by atoms with van der Waals surface area (Å²) in [6.45, 7) is 2.27. The van der Waals surface area contributed by atoms with Crippen LogP contribution in [-0.4, -0.2) is 0 Å². The Bertz CT molecular complexity index is 1150. The maximum Gasteiger partial charge on any atom is 0.142 e. The van der Waals surface area contributed by atoms with Crippen LogP contribution < -0.4 is 0 Å². The third-order valence-electron chi connectivity index (χ3n) is 8.78. The van der Waals surface area contributed by atoms with Gasteiger partial charge in [0.1, 0.15) is 11.6 Å². The molecule has 0 spiro atoms. The van der Waals surface area contributed by atoms with Crippen molar-refractivity contribution in [3.05, 3.63) is 105 Å². The minimum atomic E-state index is -0.419. The largest absolute Gasteiger partial charge is 0.207 e. The van der Waals surface area contributed by atoms with Crippen molar-refractivity contribution >= 4 is 11.6 Å². The summed E-state index contributed by atoms with van der Waals surface area (Å²) in [5.41, 5.74) is 5.59. The first kappa shape index (κ1) is 29.8. The SMILES string of the molecule is CCCCCCc1ccc(CCC2CCC(CCc3ccc(CCc4ccc(Cl)c(F)c4)c(F)c3)CC2)cc1. The van der Waals surface area contributed by atoms with Gasteiger partial charge in [-0.15, -0.1) is 0 Å². The number of benzene rings is 3. The van der Waals surface area contributed by atoms with Crippen molar-refractivity contribution in [3.63, 3.8) is 0 Å². The monoisotopic (exact) mass is 550 g/mol. The van der Waals surface area contributed by atoms with Crippen LogP contribution in [0.5, 0.6) is 0 Å². The first-order chi connectivity index (χ1) is 19.0. The minimum Gasteiger partial charge on any atom is -0.207 e. The summed E-state index contributed by atoms with van der Waals surface area (Å²) in [5.74, 6) is 1.05. The van der Waals surface area contributed by atoms with Crippen LogP contribution in [0.15, 0.2) is 60.7 Å². The lowest BCUT2D eigenvalue weighted by molar-refractivity contribution is 0.253. The molecule has 1 aliphatic rings. The summed E-state index contributed by atoms with van der Waals surface area (Å²) in [6, 6.07) is 19.9. The van der Waals surface area contributed by atoms with Crippen LogP contribution in [0.1, 0.15) is 98.9 Å². The maximum absolute atomic E-state index is 14.7. The van der Waals surface area contributed by atoms with Gasteiger partial charge >= 0.3 is 0 Å². The number of halogens is 3. The molecular formula is C36H45ClF2. The van der Waals surface area contributed by atoms with Crippen molar-refractivity contribution in [3.8, 4) is 0 Å². The third kappa shape index (κ3) is 9.75. The molecule has 1 saturated carbocycles. The molecular weight excluding hydrogens is 506 g/mol. The van der Waals surface area contributed by atoms with Gasteiger partial charge in [0.25, 0.3) is 0 Å². The van der Waals surface area contributed by atoms with Crippen LogP contribution in [0, 0.1) is 23.5 Å². The average molecular weight is 551 g/mol. The van der Waals surface area contributed by atoms with E-state index in [4.69, 9.17) is 11.6 Å². The lowest BCUT2D eigenvalue weighted by Crippen LogP contribution is -2.16. The Hall–Kier alpha value is -2.19. The Morgan fingerprint density at radius 3 is 1.74 bits per heavy atom. The molecule has 39 heavy (non-hydrogen) atoms. The second kappa shape index (κ2) is 15.6. The standard InChI is InChI=1S/C36H45ClF2/c1-2-3-4-5-6-27-7-9-28(10-8-27)11-12-29-13-15-30(16-14-29)17-18-31-19-22-33(35(38)25-31)23-20-32-21-24-34(37)36(39)26-32/h7-10,19,21-22,24-26,29-30H,2-6,11-18,20,23H2,1H3. The predicted molar refractivity (Wildman–Crippen MR) is 162 cm³/mol. The molecule has 3 aromatic carbocycles. The van der Waals surface area contributed by atoms with E-state index in [1.165, 1.54) is 87.8 Å². The van der Waals surface area contributed by atoms with E-state index in [0.717, 1.165) is 35.8 Å². The fourth-order valence-corrected chi connectivity index (χ4v) is 6.22. The summed E-state index contributed by atoms with van der Waals surface area (Å²) >= 11 is 5.76. The summed E-state index contributed by atoms with van der Waals surface area (Å²) < 4.78 is 28.4. The number of hydrogen-bond acceptors (Lipinski definition) is 0. The van der Waals surface area contributed by atoms with Gasteiger partial charge in [-0.05, 0) is 109 Å². The second-order valence-corrected chi connectivity index (χ2v) is 12.2. The lowest BCUT2D eigenvalue weighted by Gasteiger charge is -2.28. The van der Waals surface area contributed by atoms with E-state index in [1.807, 2.05) is 6.07 Å². The second-order valence-electron chi connectivity index (χ2n) is 11.8. The van der Waals surface area contributed by atoms with E-state index in [2.05, 4.69) is 37.3 Å². The van der Waals surface area contributed by atoms with Crippen LogP contribution in [0.2, 0.25) is 5.02 Å². The van der Waals surface area contributed by atoms with Gasteiger partial charge in [-0.25, -0.2) is 8.78 Å². The van der Waals surface area contributed by atoms with Crippen molar-refractivity contribution in [2.24, 2.45) is 11.8 Å². The third-order valence-corrected chi connectivity index (χ3v) is 9.08. The molecule has 0 saturated heterocycles. The fourth-order valence-electron chi connectivity index (χ4n) is 6.10. The van der Waals surface area contributed by atoms with Gasteiger partial charge in [0.15, 0.2) is 0 Å². The van der Waals surface area contributed by atoms with Gasteiger partial charge in [-0.2, -0.15) is 0 Å². The maximum atomic E-state index is 14.7. The van der Waals surface area contributed by atoms with Crippen LogP contribution in [0.25, 0.3) is 0 Å². The number of hydrogen-bond donors (Lipinski definition) is 0. The van der Waals surface area contributed by atoms with Crippen LogP contribution in [0.3, 0.4) is 0 Å². The van der Waals surface area contributed by atoms with Crippen molar-refractivity contribution in [1.29, 1.82) is 0 Å². The quantitative estimate of drug-likeness (QED) is 0.175. The fraction of sp³-hybridized carbons (Fsp3) is 0.500. The molecule has 4 rings (SSSR count). The zero-order valence-electron chi connectivity index (χ0n) is 23.7. The normalized spacial score (nSPS) is 17.4. The molecule has 0 atom stereocenters. The van der Waals surface area contributed by atoms with Gasteiger partial charge in [-0.1, -0.05) is 106 Å². The van der Waals surface area contributed by atoms with Gasteiger partial charge in [0, 0.05) is 0 Å². The number of aryl methyl sites for hydroxylation is 5. The van der Waals surface area contributed by atoms with E-state index in [-0.39, 0.29) is 10.8 Å². The van der Waals surface area contributed by atoms with E-state index >= 15 is 0 Å². The van der Waals surface area contributed by atoms with Gasteiger partial charge < -0.3 is 0 Å². The highest BCUT2D eigenvalue weighted by atomic mass is 35.5. The Balaban J connectivity index is 1.13. The molecule has 0 unspecified atom stereocenters. The summed E-state index contributed by atoms with van der Waals surface area (Å²) in [6.07, 6.45) is 17.5. The van der Waals surface area contributed by atoms with Crippen LogP contribution in [-0.2, 0) is 32.1 Å². The molecule has 3 aromatic rings. The van der Waals surface area contributed by atoms with Crippen molar-refractivity contribution in [2.75, 3.05) is 0 Å². The minimum absolute atomic E-state index is 0.122. The predicted octanol–water partition coefficient (Wildman–Crippen LogP) is 10.9. The van der Waals surface area contributed by atoms with Gasteiger partial charge in [0.2, 0.25) is 0 Å². The highest BCUT2D eigenvalue weighted by Crippen LogP contribution is 2.34. The van der Waals surface area contributed by atoms with Gasteiger partial charge in [-0.3, -0.25) is 0 Å². The van der Waals surface area contributed by atoms with Crippen LogP contribution in [0.4, 0.5) is 8.78 Å². The molecule has 0 bridgehead atoms. The molecule has 0 N–H and O–H groups in total. The van der Waals surface area contributed by atoms with E-state index < -0.39 is 5.82 Å². The summed E-state index contributed by atoms with van der Waals surface area (Å²) in [5, 5.41) is 0.122. The molecule has 0 heterocycles. The molecule has 1 aliphatic carbocycles. The molecule has 3 heteroatoms. The Labute approximate surface area is 240 Å². The van der Waals surface area contributed by atoms with Crippen molar-refractivity contribution in [1.82, 2.24) is 0 Å². The Morgan fingerprint density at radius 2 is 1.13 bits per heavy atom. The zero-order valence-corrected chi connectivity index (χ0v) is 24.4. The van der Waals surface area contributed by atoms with Crippen LogP contribution >= 0.6 is 11.6 Å². The van der Waals surface area contributed by atoms with Crippen molar-refractivity contribution < 1.29 is 8.78 Å². The molecule has 0 aliphatic heterocycles. The first-order valence-electron chi connectivity index (χ1n) is 15.3. The lowest BCUT2D eigenvalue weighted by atomic mass is 9.77.